The van der Waals surface area contributed by atoms with Crippen molar-refractivity contribution < 1.29 is 9.59 Å². The highest BCUT2D eigenvalue weighted by atomic mass is 32.2. The Morgan fingerprint density at radius 1 is 0.833 bits per heavy atom. The maximum atomic E-state index is 13.3. The van der Waals surface area contributed by atoms with Crippen LogP contribution in [0.4, 0.5) is 0 Å². The normalized spacial score (nSPS) is 17.9. The zero-order chi connectivity index (χ0) is 24.9. The largest absolute Gasteiger partial charge is 0.369 e. The number of nitrogens with two attached hydrogens (primary N) is 1. The molecule has 2 aliphatic heterocycles. The summed E-state index contributed by atoms with van der Waals surface area (Å²) in [6.45, 7) is 3.98. The van der Waals surface area contributed by atoms with Crippen molar-refractivity contribution in [1.82, 2.24) is 9.80 Å². The molecule has 5 nitrogen and oxygen atoms in total. The molecule has 0 saturated carbocycles. The van der Waals surface area contributed by atoms with Gasteiger partial charge in [0.05, 0.1) is 5.75 Å². The number of hydrogen-bond acceptors (Lipinski definition) is 4. The van der Waals surface area contributed by atoms with Crippen molar-refractivity contribution in [2.24, 2.45) is 11.7 Å². The summed E-state index contributed by atoms with van der Waals surface area (Å²) in [5.74, 6) is 0.938. The van der Waals surface area contributed by atoms with Gasteiger partial charge in [-0.15, -0.1) is 11.8 Å². The molecule has 2 heterocycles. The van der Waals surface area contributed by atoms with Gasteiger partial charge in [0, 0.05) is 29.6 Å². The summed E-state index contributed by atoms with van der Waals surface area (Å²) in [4.78, 5) is 30.1. The molecule has 0 aliphatic carbocycles. The molecular weight excluding hydrogens is 466 g/mol. The first-order chi connectivity index (χ1) is 17.6. The second-order valence-electron chi connectivity index (χ2n) is 10.1. The molecule has 2 N–H and O–H groups in total. The first-order valence-electron chi connectivity index (χ1n) is 13.1. The van der Waals surface area contributed by atoms with Gasteiger partial charge >= 0.3 is 0 Å². The number of carbonyl (C=O) groups is 2. The van der Waals surface area contributed by atoms with Crippen molar-refractivity contribution in [3.8, 4) is 0 Å². The second kappa shape index (κ2) is 11.5. The highest BCUT2D eigenvalue weighted by Gasteiger charge is 2.30. The lowest BCUT2D eigenvalue weighted by Gasteiger charge is -2.42. The van der Waals surface area contributed by atoms with Gasteiger partial charge in [0.15, 0.2) is 0 Å². The third-order valence-corrected chi connectivity index (χ3v) is 8.80. The van der Waals surface area contributed by atoms with E-state index < -0.39 is 0 Å². The summed E-state index contributed by atoms with van der Waals surface area (Å²) in [6.07, 6.45) is 5.70. The molecule has 3 aromatic rings. The van der Waals surface area contributed by atoms with E-state index in [1.54, 1.807) is 0 Å². The van der Waals surface area contributed by atoms with Crippen LogP contribution in [0.3, 0.4) is 0 Å². The van der Waals surface area contributed by atoms with E-state index in [9.17, 15) is 9.59 Å². The molecule has 2 amide bonds. The van der Waals surface area contributed by atoms with Gasteiger partial charge in [-0.2, -0.15) is 0 Å². The number of fused-ring (bicyclic) bond motifs is 1. The standard InChI is InChI=1S/C30H35N3O2S/c31-29(34)21-36-26-10-8-22(9-11-26)20-23-12-16-32(17-13-23)25-14-18-33(19-15-25)30(35)28-7-3-5-24-4-1-2-6-27(24)28/h1-11,23,25H,12-21H2,(H2,31,34). The quantitative estimate of drug-likeness (QED) is 0.464. The number of amides is 2. The number of likely N-dealkylation sites (tertiary alicyclic amines) is 2. The smallest absolute Gasteiger partial charge is 0.254 e. The van der Waals surface area contributed by atoms with Crippen LogP contribution >= 0.6 is 11.8 Å². The van der Waals surface area contributed by atoms with Crippen LogP contribution in [0.5, 0.6) is 0 Å². The highest BCUT2D eigenvalue weighted by Crippen LogP contribution is 2.28. The first kappa shape index (κ1) is 24.8. The Hall–Kier alpha value is -2.83. The molecule has 0 bridgehead atoms. The van der Waals surface area contributed by atoms with Crippen LogP contribution < -0.4 is 5.73 Å². The molecule has 188 valence electrons. The van der Waals surface area contributed by atoms with Crippen LogP contribution in [0.2, 0.25) is 0 Å². The Labute approximate surface area is 218 Å². The minimum Gasteiger partial charge on any atom is -0.369 e. The molecule has 0 aromatic heterocycles. The van der Waals surface area contributed by atoms with E-state index in [4.69, 9.17) is 5.73 Å². The van der Waals surface area contributed by atoms with Crippen molar-refractivity contribution >= 4 is 34.3 Å². The van der Waals surface area contributed by atoms with Gasteiger partial charge in [-0.05, 0) is 85.6 Å². The molecule has 2 aliphatic rings. The Kier molecular flexibility index (Phi) is 7.93. The summed E-state index contributed by atoms with van der Waals surface area (Å²) in [7, 11) is 0. The zero-order valence-corrected chi connectivity index (χ0v) is 21.6. The molecule has 5 rings (SSSR count). The number of nitrogens with zero attached hydrogens (tertiary/aromatic N) is 2. The van der Waals surface area contributed by atoms with Crippen LogP contribution in [0.1, 0.15) is 41.6 Å². The van der Waals surface area contributed by atoms with Gasteiger partial charge in [-0.1, -0.05) is 48.5 Å². The number of rotatable bonds is 7. The average Bonchev–Trinajstić information content (AvgIpc) is 2.92. The zero-order valence-electron chi connectivity index (χ0n) is 20.8. The summed E-state index contributed by atoms with van der Waals surface area (Å²) in [5, 5.41) is 2.17. The van der Waals surface area contributed by atoms with Gasteiger partial charge in [0.25, 0.3) is 5.91 Å². The topological polar surface area (TPSA) is 66.6 Å². The van der Waals surface area contributed by atoms with Crippen LogP contribution in [-0.2, 0) is 11.2 Å². The third-order valence-electron chi connectivity index (χ3n) is 7.77. The Morgan fingerprint density at radius 3 is 2.25 bits per heavy atom. The summed E-state index contributed by atoms with van der Waals surface area (Å²) >= 11 is 1.49. The molecule has 0 spiro atoms. The molecule has 36 heavy (non-hydrogen) atoms. The van der Waals surface area contributed by atoms with E-state index in [2.05, 4.69) is 52.3 Å². The molecule has 6 heteroatoms. The average molecular weight is 502 g/mol. The predicted octanol–water partition coefficient (Wildman–Crippen LogP) is 4.98. The van der Waals surface area contributed by atoms with E-state index in [1.807, 2.05) is 24.3 Å². The van der Waals surface area contributed by atoms with Gasteiger partial charge in [-0.3, -0.25) is 9.59 Å². The van der Waals surface area contributed by atoms with Crippen molar-refractivity contribution in [2.75, 3.05) is 31.9 Å². The van der Waals surface area contributed by atoms with Gasteiger partial charge < -0.3 is 15.5 Å². The highest BCUT2D eigenvalue weighted by molar-refractivity contribution is 8.00. The van der Waals surface area contributed by atoms with Gasteiger partial charge in [0.1, 0.15) is 0 Å². The first-order valence-corrected chi connectivity index (χ1v) is 14.1. The van der Waals surface area contributed by atoms with Crippen molar-refractivity contribution in [3.63, 3.8) is 0 Å². The Balaban J connectivity index is 1.08. The third kappa shape index (κ3) is 5.93. The summed E-state index contributed by atoms with van der Waals surface area (Å²) < 4.78 is 0. The SMILES string of the molecule is NC(=O)CSc1ccc(CC2CCN(C3CCN(C(=O)c4cccc5ccccc45)CC3)CC2)cc1. The molecule has 3 aromatic carbocycles. The molecular formula is C30H35N3O2S. The predicted molar refractivity (Wildman–Crippen MR) is 147 cm³/mol. The lowest BCUT2D eigenvalue weighted by atomic mass is 9.88. The molecule has 0 unspecified atom stereocenters. The number of hydrogen-bond donors (Lipinski definition) is 1. The molecule has 2 fully saturated rings. The molecule has 0 atom stereocenters. The number of thioether (sulfide) groups is 1. The number of primary amides is 1. The van der Waals surface area contributed by atoms with Crippen molar-refractivity contribution in [1.29, 1.82) is 0 Å². The van der Waals surface area contributed by atoms with Crippen LogP contribution in [0.25, 0.3) is 10.8 Å². The van der Waals surface area contributed by atoms with E-state index in [1.165, 1.54) is 30.2 Å². The summed E-state index contributed by atoms with van der Waals surface area (Å²) in [6, 6.07) is 23.4. The number of carbonyl (C=O) groups excluding carboxylic acids is 2. The molecule has 0 radical (unpaired) electrons. The Morgan fingerprint density at radius 2 is 1.53 bits per heavy atom. The van der Waals surface area contributed by atoms with Gasteiger partial charge in [0.2, 0.25) is 5.91 Å². The minimum absolute atomic E-state index is 0.169. The van der Waals surface area contributed by atoms with E-state index in [0.29, 0.717) is 11.8 Å². The van der Waals surface area contributed by atoms with Crippen LogP contribution in [-0.4, -0.2) is 59.6 Å². The fourth-order valence-electron chi connectivity index (χ4n) is 5.75. The lowest BCUT2D eigenvalue weighted by Crippen LogP contribution is -2.49. The van der Waals surface area contributed by atoms with Crippen molar-refractivity contribution in [2.45, 2.75) is 43.0 Å². The van der Waals surface area contributed by atoms with E-state index in [-0.39, 0.29) is 11.8 Å². The van der Waals surface area contributed by atoms with Crippen LogP contribution in [0.15, 0.2) is 71.6 Å². The van der Waals surface area contributed by atoms with E-state index >= 15 is 0 Å². The second-order valence-corrected chi connectivity index (χ2v) is 11.2. The number of piperidine rings is 2. The fourth-order valence-corrected chi connectivity index (χ4v) is 6.39. The summed E-state index contributed by atoms with van der Waals surface area (Å²) in [5.41, 5.74) is 7.44. The molecule has 2 saturated heterocycles. The lowest BCUT2D eigenvalue weighted by molar-refractivity contribution is -0.115. The monoisotopic (exact) mass is 501 g/mol. The Bertz CT molecular complexity index is 1190. The van der Waals surface area contributed by atoms with Crippen molar-refractivity contribution in [3.05, 3.63) is 77.9 Å². The fraction of sp³-hybridized carbons (Fsp3) is 0.400. The van der Waals surface area contributed by atoms with Gasteiger partial charge in [-0.25, -0.2) is 0 Å². The maximum Gasteiger partial charge on any atom is 0.254 e. The van der Waals surface area contributed by atoms with E-state index in [0.717, 1.165) is 72.6 Å². The minimum atomic E-state index is -0.280. The number of benzene rings is 3. The maximum absolute atomic E-state index is 13.3. The van der Waals surface area contributed by atoms with Crippen LogP contribution in [0, 0.1) is 5.92 Å².